The van der Waals surface area contributed by atoms with Crippen LogP contribution in [0.2, 0.25) is 5.02 Å². The van der Waals surface area contributed by atoms with Crippen molar-refractivity contribution < 1.29 is 23.1 Å². The molecule has 0 unspecified atom stereocenters. The number of methoxy groups -OCH3 is 1. The zero-order valence-electron chi connectivity index (χ0n) is 11.1. The number of carbonyl (C=O) groups is 2. The van der Waals surface area contributed by atoms with Crippen molar-refractivity contribution in [2.45, 2.75) is 13.3 Å². The van der Waals surface area contributed by atoms with Crippen LogP contribution in [0.4, 0.5) is 8.78 Å². The van der Waals surface area contributed by atoms with Gasteiger partial charge in [0.05, 0.1) is 24.1 Å². The maximum Gasteiger partial charge on any atom is 0.307 e. The molecule has 1 rings (SSSR count). The number of hydrogen-bond donors (Lipinski definition) is 0. The largest absolute Gasteiger partial charge is 0.469 e. The molecule has 1 aromatic carbocycles. The Hall–Kier alpha value is -1.69. The highest BCUT2D eigenvalue weighted by Gasteiger charge is 2.21. The van der Waals surface area contributed by atoms with E-state index >= 15 is 0 Å². The van der Waals surface area contributed by atoms with Crippen LogP contribution in [-0.4, -0.2) is 37.0 Å². The molecule has 1 aromatic rings. The third kappa shape index (κ3) is 3.90. The Balaban J connectivity index is 2.91. The van der Waals surface area contributed by atoms with Gasteiger partial charge in [0.15, 0.2) is 0 Å². The second-order valence-corrected chi connectivity index (χ2v) is 4.36. The maximum absolute atomic E-state index is 13.7. The lowest BCUT2D eigenvalue weighted by molar-refractivity contribution is -0.140. The van der Waals surface area contributed by atoms with E-state index in [4.69, 9.17) is 11.6 Å². The van der Waals surface area contributed by atoms with E-state index in [1.165, 1.54) is 12.0 Å². The van der Waals surface area contributed by atoms with Crippen molar-refractivity contribution in [1.29, 1.82) is 0 Å². The lowest BCUT2D eigenvalue weighted by Crippen LogP contribution is -2.33. The van der Waals surface area contributed by atoms with Gasteiger partial charge in [0.1, 0.15) is 11.6 Å². The fourth-order valence-electron chi connectivity index (χ4n) is 1.59. The quantitative estimate of drug-likeness (QED) is 0.620. The predicted molar refractivity (Wildman–Crippen MR) is 69.6 cm³/mol. The molecule has 0 aromatic heterocycles. The molecule has 0 heterocycles. The Morgan fingerprint density at radius 1 is 1.30 bits per heavy atom. The van der Waals surface area contributed by atoms with Crippen LogP contribution < -0.4 is 0 Å². The summed E-state index contributed by atoms with van der Waals surface area (Å²) in [7, 11) is 1.23. The number of nitrogens with zero attached hydrogens (tertiary/aromatic N) is 1. The molecular formula is C13H14ClF2NO3. The van der Waals surface area contributed by atoms with Gasteiger partial charge in [-0.2, -0.15) is 0 Å². The third-order valence-electron chi connectivity index (χ3n) is 2.72. The molecule has 0 N–H and O–H groups in total. The Kier molecular flexibility index (Phi) is 5.88. The Bertz CT molecular complexity index is 523. The van der Waals surface area contributed by atoms with Gasteiger partial charge in [-0.05, 0) is 19.1 Å². The summed E-state index contributed by atoms with van der Waals surface area (Å²) in [5.41, 5.74) is -0.418. The molecule has 0 aliphatic carbocycles. The molecule has 0 bridgehead atoms. The maximum atomic E-state index is 13.7. The molecule has 4 nitrogen and oxygen atoms in total. The molecule has 0 saturated carbocycles. The Morgan fingerprint density at radius 2 is 1.95 bits per heavy atom. The normalized spacial score (nSPS) is 10.2. The first-order valence-corrected chi connectivity index (χ1v) is 6.29. The van der Waals surface area contributed by atoms with Crippen molar-refractivity contribution in [3.63, 3.8) is 0 Å². The number of carbonyl (C=O) groups excluding carboxylic acids is 2. The number of rotatable bonds is 5. The van der Waals surface area contributed by atoms with Crippen LogP contribution in [0.25, 0.3) is 0 Å². The van der Waals surface area contributed by atoms with E-state index in [0.29, 0.717) is 0 Å². The Labute approximate surface area is 120 Å². The summed E-state index contributed by atoms with van der Waals surface area (Å²) in [6, 6.07) is 1.50. The van der Waals surface area contributed by atoms with Gasteiger partial charge in [-0.15, -0.1) is 0 Å². The van der Waals surface area contributed by atoms with Crippen LogP contribution in [-0.2, 0) is 9.53 Å². The molecule has 20 heavy (non-hydrogen) atoms. The minimum atomic E-state index is -0.905. The number of benzene rings is 1. The fraction of sp³-hybridized carbons (Fsp3) is 0.385. The highest BCUT2D eigenvalue weighted by molar-refractivity contribution is 6.30. The van der Waals surface area contributed by atoms with Crippen LogP contribution >= 0.6 is 11.6 Å². The van der Waals surface area contributed by atoms with Crippen LogP contribution in [0, 0.1) is 11.6 Å². The van der Waals surface area contributed by atoms with Crippen molar-refractivity contribution in [3.8, 4) is 0 Å². The van der Waals surface area contributed by atoms with Crippen LogP contribution in [0.5, 0.6) is 0 Å². The van der Waals surface area contributed by atoms with E-state index in [-0.39, 0.29) is 19.5 Å². The summed E-state index contributed by atoms with van der Waals surface area (Å²) < 4.78 is 31.4. The van der Waals surface area contributed by atoms with Gasteiger partial charge >= 0.3 is 5.97 Å². The van der Waals surface area contributed by atoms with Gasteiger partial charge in [-0.1, -0.05) is 11.6 Å². The van der Waals surface area contributed by atoms with Gasteiger partial charge in [0, 0.05) is 13.1 Å². The molecule has 0 aliphatic rings. The lowest BCUT2D eigenvalue weighted by Gasteiger charge is -2.20. The Morgan fingerprint density at radius 3 is 2.50 bits per heavy atom. The molecular weight excluding hydrogens is 292 g/mol. The first-order chi connectivity index (χ1) is 9.40. The molecule has 7 heteroatoms. The molecule has 0 radical (unpaired) electrons. The fourth-order valence-corrected chi connectivity index (χ4v) is 1.74. The summed E-state index contributed by atoms with van der Waals surface area (Å²) in [6.45, 7) is 1.98. The summed E-state index contributed by atoms with van der Waals surface area (Å²) >= 11 is 5.42. The first-order valence-electron chi connectivity index (χ1n) is 5.91. The van der Waals surface area contributed by atoms with Gasteiger partial charge in [0.2, 0.25) is 0 Å². The van der Waals surface area contributed by atoms with Crippen molar-refractivity contribution in [1.82, 2.24) is 4.90 Å². The minimum absolute atomic E-state index is 0.0201. The second kappa shape index (κ2) is 7.19. The molecule has 0 fully saturated rings. The van der Waals surface area contributed by atoms with Gasteiger partial charge < -0.3 is 9.64 Å². The molecule has 0 aliphatic heterocycles. The molecule has 0 spiro atoms. The summed E-state index contributed by atoms with van der Waals surface area (Å²) in [5, 5.41) is -0.392. The SMILES string of the molecule is CCN(CCC(=O)OC)C(=O)c1cc(F)c(Cl)cc1F. The highest BCUT2D eigenvalue weighted by Crippen LogP contribution is 2.20. The molecule has 110 valence electrons. The number of hydrogen-bond acceptors (Lipinski definition) is 3. The zero-order chi connectivity index (χ0) is 15.3. The summed E-state index contributed by atoms with van der Waals surface area (Å²) in [6.07, 6.45) is -0.0201. The predicted octanol–water partition coefficient (Wildman–Crippen LogP) is 2.64. The lowest BCUT2D eigenvalue weighted by atomic mass is 10.1. The van der Waals surface area contributed by atoms with E-state index < -0.39 is 34.1 Å². The average molecular weight is 306 g/mol. The highest BCUT2D eigenvalue weighted by atomic mass is 35.5. The van der Waals surface area contributed by atoms with Crippen molar-refractivity contribution in [2.24, 2.45) is 0 Å². The number of ether oxygens (including phenoxy) is 1. The van der Waals surface area contributed by atoms with E-state index in [1.54, 1.807) is 6.92 Å². The van der Waals surface area contributed by atoms with Crippen LogP contribution in [0.3, 0.4) is 0 Å². The van der Waals surface area contributed by atoms with Crippen molar-refractivity contribution in [3.05, 3.63) is 34.4 Å². The molecule has 1 amide bonds. The van der Waals surface area contributed by atoms with E-state index in [9.17, 15) is 18.4 Å². The van der Waals surface area contributed by atoms with E-state index in [0.717, 1.165) is 12.1 Å². The monoisotopic (exact) mass is 305 g/mol. The third-order valence-corrected chi connectivity index (χ3v) is 3.01. The van der Waals surface area contributed by atoms with Gasteiger partial charge in [-0.3, -0.25) is 9.59 Å². The van der Waals surface area contributed by atoms with E-state index in [2.05, 4.69) is 4.74 Å². The standard InChI is InChI=1S/C13H14ClF2NO3/c1-3-17(5-4-12(18)20-2)13(19)8-6-11(16)9(14)7-10(8)15/h6-7H,3-5H2,1-2H3. The smallest absolute Gasteiger partial charge is 0.307 e. The molecule has 0 atom stereocenters. The topological polar surface area (TPSA) is 46.6 Å². The first kappa shape index (κ1) is 16.4. The molecule has 0 saturated heterocycles. The minimum Gasteiger partial charge on any atom is -0.469 e. The van der Waals surface area contributed by atoms with Crippen LogP contribution in [0.1, 0.15) is 23.7 Å². The number of esters is 1. The van der Waals surface area contributed by atoms with Gasteiger partial charge in [0.25, 0.3) is 5.91 Å². The summed E-state index contributed by atoms with van der Waals surface area (Å²) in [5.74, 6) is -2.97. The van der Waals surface area contributed by atoms with E-state index in [1.807, 2.05) is 0 Å². The number of amides is 1. The second-order valence-electron chi connectivity index (χ2n) is 3.96. The average Bonchev–Trinajstić information content (AvgIpc) is 2.42. The zero-order valence-corrected chi connectivity index (χ0v) is 11.8. The number of halogens is 3. The van der Waals surface area contributed by atoms with Crippen molar-refractivity contribution in [2.75, 3.05) is 20.2 Å². The van der Waals surface area contributed by atoms with Crippen molar-refractivity contribution >= 4 is 23.5 Å². The summed E-state index contributed by atoms with van der Waals surface area (Å²) in [4.78, 5) is 24.4. The van der Waals surface area contributed by atoms with Crippen LogP contribution in [0.15, 0.2) is 12.1 Å². The van der Waals surface area contributed by atoms with Gasteiger partial charge in [-0.25, -0.2) is 8.78 Å².